The van der Waals surface area contributed by atoms with Gasteiger partial charge in [0.05, 0.1) is 30.7 Å². The number of nitrogens with zero attached hydrogens (tertiary/aromatic N) is 2. The number of hydrogen-bond donors (Lipinski definition) is 1. The first kappa shape index (κ1) is 13.7. The van der Waals surface area contributed by atoms with Crippen LogP contribution in [0.25, 0.3) is 0 Å². The largest absolute Gasteiger partial charge is 0.496 e. The molecular formula is C14H18ClN3O. The molecule has 1 aromatic carbocycles. The minimum Gasteiger partial charge on any atom is -0.496 e. The number of halogens is 1. The molecule has 0 amide bonds. The maximum atomic E-state index is 6.06. The first-order valence-corrected chi connectivity index (χ1v) is 6.49. The summed E-state index contributed by atoms with van der Waals surface area (Å²) in [6.45, 7) is 4.10. The van der Waals surface area contributed by atoms with E-state index < -0.39 is 0 Å². The van der Waals surface area contributed by atoms with Crippen molar-refractivity contribution in [2.45, 2.75) is 19.9 Å². The quantitative estimate of drug-likeness (QED) is 0.930. The van der Waals surface area contributed by atoms with Gasteiger partial charge in [-0.05, 0) is 32.0 Å². The normalized spacial score (nSPS) is 12.3. The van der Waals surface area contributed by atoms with Gasteiger partial charge < -0.3 is 10.1 Å². The lowest BCUT2D eigenvalue weighted by atomic mass is 10.1. The molecule has 0 saturated carbocycles. The lowest BCUT2D eigenvalue weighted by molar-refractivity contribution is 0.408. The third kappa shape index (κ3) is 2.84. The van der Waals surface area contributed by atoms with E-state index in [0.29, 0.717) is 5.02 Å². The van der Waals surface area contributed by atoms with Gasteiger partial charge in [-0.2, -0.15) is 5.10 Å². The SMILES string of the molecule is COc1ccc(Cl)cc1[C@H](C)Nc1cnn(C)c1C. The van der Waals surface area contributed by atoms with Gasteiger partial charge in [-0.25, -0.2) is 0 Å². The molecule has 0 aliphatic rings. The van der Waals surface area contributed by atoms with E-state index in [1.165, 1.54) is 0 Å². The van der Waals surface area contributed by atoms with Crippen molar-refractivity contribution in [2.75, 3.05) is 12.4 Å². The highest BCUT2D eigenvalue weighted by molar-refractivity contribution is 6.30. The summed E-state index contributed by atoms with van der Waals surface area (Å²) in [5, 5.41) is 8.35. The number of methoxy groups -OCH3 is 1. The van der Waals surface area contributed by atoms with Gasteiger partial charge in [0.15, 0.2) is 0 Å². The van der Waals surface area contributed by atoms with E-state index in [-0.39, 0.29) is 6.04 Å². The number of anilines is 1. The van der Waals surface area contributed by atoms with E-state index in [9.17, 15) is 0 Å². The van der Waals surface area contributed by atoms with Gasteiger partial charge in [0.1, 0.15) is 5.75 Å². The van der Waals surface area contributed by atoms with E-state index in [0.717, 1.165) is 22.7 Å². The summed E-state index contributed by atoms with van der Waals surface area (Å²) in [4.78, 5) is 0. The second-order valence-corrected chi connectivity index (χ2v) is 4.96. The molecule has 1 aromatic heterocycles. The summed E-state index contributed by atoms with van der Waals surface area (Å²) in [7, 11) is 3.58. The summed E-state index contributed by atoms with van der Waals surface area (Å²) < 4.78 is 7.21. The van der Waals surface area contributed by atoms with Crippen LogP contribution in [-0.4, -0.2) is 16.9 Å². The van der Waals surface area contributed by atoms with Crippen molar-refractivity contribution in [3.8, 4) is 5.75 Å². The molecule has 0 aliphatic carbocycles. The van der Waals surface area contributed by atoms with E-state index in [4.69, 9.17) is 16.3 Å². The maximum absolute atomic E-state index is 6.06. The third-order valence-corrected chi connectivity index (χ3v) is 3.50. The van der Waals surface area contributed by atoms with Crippen molar-refractivity contribution in [3.63, 3.8) is 0 Å². The van der Waals surface area contributed by atoms with Gasteiger partial charge in [0.25, 0.3) is 0 Å². The lowest BCUT2D eigenvalue weighted by Crippen LogP contribution is -2.09. The Bertz CT molecular complexity index is 580. The summed E-state index contributed by atoms with van der Waals surface area (Å²) in [6, 6.07) is 5.71. The Labute approximate surface area is 118 Å². The van der Waals surface area contributed by atoms with Crippen LogP contribution >= 0.6 is 11.6 Å². The number of aromatic nitrogens is 2. The van der Waals surface area contributed by atoms with Crippen LogP contribution in [0, 0.1) is 6.92 Å². The molecule has 4 nitrogen and oxygen atoms in total. The molecule has 1 atom stereocenters. The molecule has 0 unspecified atom stereocenters. The molecule has 0 bridgehead atoms. The van der Waals surface area contributed by atoms with Gasteiger partial charge in [-0.3, -0.25) is 4.68 Å². The van der Waals surface area contributed by atoms with Crippen molar-refractivity contribution >= 4 is 17.3 Å². The van der Waals surface area contributed by atoms with Crippen LogP contribution in [0.5, 0.6) is 5.75 Å². The first-order valence-electron chi connectivity index (χ1n) is 6.11. The van der Waals surface area contributed by atoms with Crippen LogP contribution in [0.4, 0.5) is 5.69 Å². The Kier molecular flexibility index (Phi) is 4.00. The zero-order chi connectivity index (χ0) is 14.0. The standard InChI is InChI=1S/C14H18ClN3O/c1-9(17-13-8-16-18(3)10(13)2)12-7-11(15)5-6-14(12)19-4/h5-9,17H,1-4H3/t9-/m0/s1. The Morgan fingerprint density at radius 1 is 1.42 bits per heavy atom. The highest BCUT2D eigenvalue weighted by Gasteiger charge is 2.14. The molecule has 1 heterocycles. The number of rotatable bonds is 4. The number of aryl methyl sites for hydroxylation is 1. The predicted octanol–water partition coefficient (Wildman–Crippen LogP) is 3.56. The van der Waals surface area contributed by atoms with Crippen molar-refractivity contribution in [3.05, 3.63) is 40.7 Å². The smallest absolute Gasteiger partial charge is 0.124 e. The van der Waals surface area contributed by atoms with Crippen LogP contribution < -0.4 is 10.1 Å². The van der Waals surface area contributed by atoms with Gasteiger partial charge in [-0.15, -0.1) is 0 Å². The minimum absolute atomic E-state index is 0.0801. The molecule has 19 heavy (non-hydrogen) atoms. The summed E-state index contributed by atoms with van der Waals surface area (Å²) in [5.41, 5.74) is 3.13. The van der Waals surface area contributed by atoms with Gasteiger partial charge >= 0.3 is 0 Å². The highest BCUT2D eigenvalue weighted by Crippen LogP contribution is 2.30. The number of ether oxygens (including phenoxy) is 1. The van der Waals surface area contributed by atoms with Crippen molar-refractivity contribution < 1.29 is 4.74 Å². The summed E-state index contributed by atoms with van der Waals surface area (Å²) in [6.07, 6.45) is 1.82. The van der Waals surface area contributed by atoms with Crippen LogP contribution in [0.3, 0.4) is 0 Å². The highest BCUT2D eigenvalue weighted by atomic mass is 35.5. The lowest BCUT2D eigenvalue weighted by Gasteiger charge is -2.18. The fourth-order valence-corrected chi connectivity index (χ4v) is 2.18. The van der Waals surface area contributed by atoms with Crippen LogP contribution in [-0.2, 0) is 7.05 Å². The number of hydrogen-bond acceptors (Lipinski definition) is 3. The molecule has 0 aliphatic heterocycles. The summed E-state index contributed by atoms with van der Waals surface area (Å²) in [5.74, 6) is 0.825. The van der Waals surface area contributed by atoms with Gasteiger partial charge in [0, 0.05) is 17.6 Å². The second kappa shape index (κ2) is 5.53. The average Bonchev–Trinajstić information content (AvgIpc) is 2.70. The maximum Gasteiger partial charge on any atom is 0.124 e. The third-order valence-electron chi connectivity index (χ3n) is 3.27. The molecule has 0 saturated heterocycles. The van der Waals surface area contributed by atoms with Crippen LogP contribution in [0.1, 0.15) is 24.2 Å². The molecule has 0 spiro atoms. The fourth-order valence-electron chi connectivity index (χ4n) is 1.99. The predicted molar refractivity (Wildman–Crippen MR) is 78.0 cm³/mol. The fraction of sp³-hybridized carbons (Fsp3) is 0.357. The van der Waals surface area contributed by atoms with Crippen molar-refractivity contribution in [2.24, 2.45) is 7.05 Å². The Morgan fingerprint density at radius 2 is 2.16 bits per heavy atom. The summed E-state index contributed by atoms with van der Waals surface area (Å²) >= 11 is 6.06. The molecular weight excluding hydrogens is 262 g/mol. The molecule has 0 fully saturated rings. The molecule has 5 heteroatoms. The molecule has 1 N–H and O–H groups in total. The van der Waals surface area contributed by atoms with E-state index in [1.54, 1.807) is 7.11 Å². The average molecular weight is 280 g/mol. The van der Waals surface area contributed by atoms with Crippen molar-refractivity contribution in [1.29, 1.82) is 0 Å². The van der Waals surface area contributed by atoms with E-state index in [2.05, 4.69) is 17.3 Å². The number of benzene rings is 1. The van der Waals surface area contributed by atoms with E-state index >= 15 is 0 Å². The van der Waals surface area contributed by atoms with Gasteiger partial charge in [-0.1, -0.05) is 11.6 Å². The Hall–Kier alpha value is -1.68. The Balaban J connectivity index is 2.27. The molecule has 0 radical (unpaired) electrons. The number of nitrogens with one attached hydrogen (secondary N) is 1. The topological polar surface area (TPSA) is 39.1 Å². The van der Waals surface area contributed by atoms with Gasteiger partial charge in [0.2, 0.25) is 0 Å². The Morgan fingerprint density at radius 3 is 2.74 bits per heavy atom. The second-order valence-electron chi connectivity index (χ2n) is 4.52. The van der Waals surface area contributed by atoms with E-state index in [1.807, 2.05) is 43.0 Å². The zero-order valence-corrected chi connectivity index (χ0v) is 12.3. The van der Waals surface area contributed by atoms with Crippen molar-refractivity contribution in [1.82, 2.24) is 9.78 Å². The molecule has 2 rings (SSSR count). The molecule has 102 valence electrons. The first-order chi connectivity index (χ1) is 9.02. The monoisotopic (exact) mass is 279 g/mol. The minimum atomic E-state index is 0.0801. The van der Waals surface area contributed by atoms with Crippen LogP contribution in [0.15, 0.2) is 24.4 Å². The zero-order valence-electron chi connectivity index (χ0n) is 11.6. The molecule has 2 aromatic rings. The van der Waals surface area contributed by atoms with Crippen LogP contribution in [0.2, 0.25) is 5.02 Å².